The summed E-state index contributed by atoms with van der Waals surface area (Å²) in [5.41, 5.74) is 7.46. The molecule has 1 saturated carbocycles. The molecule has 3 rings (SSSR count). The molecule has 0 saturated heterocycles. The average molecular weight is 302 g/mol. The number of nitrogens with two attached hydrogens (primary N) is 1. The van der Waals surface area contributed by atoms with Crippen molar-refractivity contribution in [3.05, 3.63) is 40.8 Å². The topological polar surface area (TPSA) is 64.7 Å². The van der Waals surface area contributed by atoms with Gasteiger partial charge in [0.15, 0.2) is 5.54 Å². The molecule has 21 heavy (non-hydrogen) atoms. The number of hydrogen-bond acceptors (Lipinski definition) is 5. The predicted octanol–water partition coefficient (Wildman–Crippen LogP) is 2.88. The molecule has 0 aromatic heterocycles. The second-order valence-electron chi connectivity index (χ2n) is 5.56. The Morgan fingerprint density at radius 2 is 1.90 bits per heavy atom. The van der Waals surface area contributed by atoms with Crippen LogP contribution in [0.15, 0.2) is 34.7 Å². The molecule has 1 aromatic carbocycles. The molecule has 4 nitrogen and oxygen atoms in total. The number of aliphatic imine (C=N–C) groups is 1. The molecule has 1 spiro atoms. The minimum atomic E-state index is -0.629. The predicted molar refractivity (Wildman–Crippen MR) is 86.0 cm³/mol. The number of thiol groups is 1. The zero-order chi connectivity index (χ0) is 14.9. The number of cyclic esters (lactones) is 1. The molecule has 0 bridgehead atoms. The molecule has 110 valence electrons. The van der Waals surface area contributed by atoms with Crippen molar-refractivity contribution in [1.82, 2.24) is 0 Å². The summed E-state index contributed by atoms with van der Waals surface area (Å²) in [6, 6.07) is 7.49. The maximum Gasteiger partial charge on any atom is 0.340 e. The molecule has 1 heterocycles. The highest BCUT2D eigenvalue weighted by Gasteiger charge is 2.46. The van der Waals surface area contributed by atoms with Gasteiger partial charge in [0.1, 0.15) is 0 Å². The molecular weight excluding hydrogens is 284 g/mol. The maximum absolute atomic E-state index is 12.2. The van der Waals surface area contributed by atoms with Crippen LogP contribution in [0.1, 0.15) is 43.2 Å². The van der Waals surface area contributed by atoms with Crippen LogP contribution >= 0.6 is 12.6 Å². The van der Waals surface area contributed by atoms with E-state index in [1.807, 2.05) is 24.3 Å². The summed E-state index contributed by atoms with van der Waals surface area (Å²) in [4.78, 5) is 16.8. The lowest BCUT2D eigenvalue weighted by molar-refractivity contribution is -0.140. The van der Waals surface area contributed by atoms with Gasteiger partial charge in [-0.05, 0) is 35.9 Å². The first kappa shape index (κ1) is 14.2. The van der Waals surface area contributed by atoms with Crippen molar-refractivity contribution in [2.45, 2.75) is 37.6 Å². The van der Waals surface area contributed by atoms with Gasteiger partial charge in [-0.3, -0.25) is 0 Å². The highest BCUT2D eigenvalue weighted by molar-refractivity contribution is 7.83. The SMILES string of the molecule is N/C(=C\S)c1ccc(C2=NC3(CCCCC3)C(=O)O2)cc1. The van der Waals surface area contributed by atoms with Crippen molar-refractivity contribution in [2.75, 3.05) is 0 Å². The van der Waals surface area contributed by atoms with Crippen LogP contribution in [0.2, 0.25) is 0 Å². The first-order valence-corrected chi connectivity index (χ1v) is 7.69. The summed E-state index contributed by atoms with van der Waals surface area (Å²) in [5, 5.41) is 1.55. The van der Waals surface area contributed by atoms with E-state index in [0.29, 0.717) is 11.6 Å². The zero-order valence-electron chi connectivity index (χ0n) is 11.7. The lowest BCUT2D eigenvalue weighted by atomic mass is 9.83. The summed E-state index contributed by atoms with van der Waals surface area (Å²) in [6.45, 7) is 0. The summed E-state index contributed by atoms with van der Waals surface area (Å²) in [7, 11) is 0. The van der Waals surface area contributed by atoms with E-state index in [2.05, 4.69) is 17.6 Å². The number of hydrogen-bond donors (Lipinski definition) is 2. The number of rotatable bonds is 2. The van der Waals surface area contributed by atoms with E-state index in [-0.39, 0.29) is 5.97 Å². The first-order chi connectivity index (χ1) is 10.1. The molecule has 1 fully saturated rings. The average Bonchev–Trinajstić information content (AvgIpc) is 2.84. The van der Waals surface area contributed by atoms with Crippen molar-refractivity contribution in [3.63, 3.8) is 0 Å². The lowest BCUT2D eigenvalue weighted by Crippen LogP contribution is -2.35. The molecule has 1 aliphatic carbocycles. The van der Waals surface area contributed by atoms with E-state index in [9.17, 15) is 4.79 Å². The van der Waals surface area contributed by atoms with Crippen molar-refractivity contribution >= 4 is 30.2 Å². The molecule has 1 aliphatic heterocycles. The van der Waals surface area contributed by atoms with Gasteiger partial charge in [-0.25, -0.2) is 9.79 Å². The number of ether oxygens (including phenoxy) is 1. The van der Waals surface area contributed by atoms with Crippen LogP contribution in [-0.2, 0) is 9.53 Å². The Bertz CT molecular complexity index is 614. The van der Waals surface area contributed by atoms with E-state index in [1.54, 1.807) is 5.41 Å². The van der Waals surface area contributed by atoms with Crippen LogP contribution < -0.4 is 5.73 Å². The minimum Gasteiger partial charge on any atom is -0.405 e. The Balaban J connectivity index is 1.87. The standard InChI is InChI=1S/C16H18N2O2S/c17-13(10-21)11-4-6-12(7-5-11)14-18-16(15(19)20-14)8-2-1-3-9-16/h4-7,10,21H,1-3,8-9,17H2/b13-10-. The van der Waals surface area contributed by atoms with Gasteiger partial charge in [0, 0.05) is 11.3 Å². The van der Waals surface area contributed by atoms with Gasteiger partial charge in [0.05, 0.1) is 0 Å². The Hall–Kier alpha value is -1.75. The monoisotopic (exact) mass is 302 g/mol. The third-order valence-corrected chi connectivity index (χ3v) is 4.45. The molecule has 1 aromatic rings. The number of carbonyl (C=O) groups is 1. The molecule has 2 N–H and O–H groups in total. The number of nitrogens with zero attached hydrogens (tertiary/aromatic N) is 1. The van der Waals surface area contributed by atoms with Crippen LogP contribution in [0.5, 0.6) is 0 Å². The van der Waals surface area contributed by atoms with Gasteiger partial charge in [0.25, 0.3) is 0 Å². The molecule has 0 radical (unpaired) electrons. The zero-order valence-corrected chi connectivity index (χ0v) is 12.6. The Morgan fingerprint density at radius 3 is 2.52 bits per heavy atom. The number of esters is 1. The highest BCUT2D eigenvalue weighted by Crippen LogP contribution is 2.37. The molecule has 5 heteroatoms. The van der Waals surface area contributed by atoms with Crippen LogP contribution in [-0.4, -0.2) is 17.4 Å². The summed E-state index contributed by atoms with van der Waals surface area (Å²) in [6.07, 6.45) is 4.83. The van der Waals surface area contributed by atoms with Crippen molar-refractivity contribution < 1.29 is 9.53 Å². The van der Waals surface area contributed by atoms with Crippen LogP contribution in [0.4, 0.5) is 0 Å². The van der Waals surface area contributed by atoms with Gasteiger partial charge in [-0.1, -0.05) is 31.4 Å². The summed E-state index contributed by atoms with van der Waals surface area (Å²) in [5.74, 6) is 0.234. The van der Waals surface area contributed by atoms with Crippen molar-refractivity contribution in [1.29, 1.82) is 0 Å². The fraction of sp³-hybridized carbons (Fsp3) is 0.375. The van der Waals surface area contributed by atoms with Gasteiger partial charge in [-0.15, -0.1) is 12.6 Å². The maximum atomic E-state index is 12.2. The molecular formula is C16H18N2O2S. The van der Waals surface area contributed by atoms with Crippen LogP contribution in [0.3, 0.4) is 0 Å². The van der Waals surface area contributed by atoms with E-state index < -0.39 is 5.54 Å². The third-order valence-electron chi connectivity index (χ3n) is 4.17. The van der Waals surface area contributed by atoms with Gasteiger partial charge in [0.2, 0.25) is 5.90 Å². The van der Waals surface area contributed by atoms with E-state index >= 15 is 0 Å². The molecule has 0 unspecified atom stereocenters. The quantitative estimate of drug-likeness (QED) is 0.652. The fourth-order valence-electron chi connectivity index (χ4n) is 2.90. The molecule has 0 amide bonds. The van der Waals surface area contributed by atoms with E-state index in [0.717, 1.165) is 36.8 Å². The van der Waals surface area contributed by atoms with Crippen molar-refractivity contribution in [3.8, 4) is 0 Å². The Kier molecular flexibility index (Phi) is 3.76. The van der Waals surface area contributed by atoms with Gasteiger partial charge in [-0.2, -0.15) is 0 Å². The first-order valence-electron chi connectivity index (χ1n) is 7.17. The van der Waals surface area contributed by atoms with E-state index in [4.69, 9.17) is 10.5 Å². The largest absolute Gasteiger partial charge is 0.405 e. The molecule has 0 atom stereocenters. The Morgan fingerprint density at radius 1 is 1.24 bits per heavy atom. The summed E-state index contributed by atoms with van der Waals surface area (Å²) < 4.78 is 5.42. The van der Waals surface area contributed by atoms with Crippen LogP contribution in [0.25, 0.3) is 5.70 Å². The third kappa shape index (κ3) is 2.58. The van der Waals surface area contributed by atoms with Crippen molar-refractivity contribution in [2.24, 2.45) is 10.7 Å². The Labute approximate surface area is 129 Å². The summed E-state index contributed by atoms with van der Waals surface area (Å²) >= 11 is 4.04. The smallest absolute Gasteiger partial charge is 0.340 e. The van der Waals surface area contributed by atoms with E-state index in [1.165, 1.54) is 6.42 Å². The molecule has 2 aliphatic rings. The van der Waals surface area contributed by atoms with Gasteiger partial charge < -0.3 is 10.5 Å². The fourth-order valence-corrected chi connectivity index (χ4v) is 3.05. The number of carbonyl (C=O) groups excluding carboxylic acids is 1. The minimum absolute atomic E-state index is 0.198. The van der Waals surface area contributed by atoms with Crippen LogP contribution in [0, 0.1) is 0 Å². The normalized spacial score (nSPS) is 21.3. The second kappa shape index (κ2) is 5.56. The lowest BCUT2D eigenvalue weighted by Gasteiger charge is -2.25. The van der Waals surface area contributed by atoms with Gasteiger partial charge >= 0.3 is 5.97 Å². The highest BCUT2D eigenvalue weighted by atomic mass is 32.1. The second-order valence-corrected chi connectivity index (χ2v) is 5.82. The number of benzene rings is 1.